The number of aryl methyl sites for hydroxylation is 3. The number of hydrogen-bond donors (Lipinski definition) is 1. The van der Waals surface area contributed by atoms with Crippen molar-refractivity contribution < 1.29 is 9.59 Å². The van der Waals surface area contributed by atoms with Crippen LogP contribution in [0.5, 0.6) is 0 Å². The number of anilines is 1. The zero-order chi connectivity index (χ0) is 16.0. The highest BCUT2D eigenvalue weighted by Gasteiger charge is 2.19. The highest BCUT2D eigenvalue weighted by molar-refractivity contribution is 5.98. The maximum Gasteiger partial charge on any atom is 0.240 e. The van der Waals surface area contributed by atoms with Crippen LogP contribution in [0.25, 0.3) is 0 Å². The number of hydrogen-bond acceptors (Lipinski definition) is 2. The topological polar surface area (TPSA) is 49.4 Å². The number of carbonyl (C=O) groups excluding carboxylic acids is 2. The van der Waals surface area contributed by atoms with Crippen LogP contribution in [0.2, 0.25) is 0 Å². The van der Waals surface area contributed by atoms with Crippen molar-refractivity contribution in [3.63, 3.8) is 0 Å². The van der Waals surface area contributed by atoms with E-state index < -0.39 is 0 Å². The number of benzene rings is 1. The van der Waals surface area contributed by atoms with Crippen LogP contribution in [-0.2, 0) is 9.59 Å². The fourth-order valence-electron chi connectivity index (χ4n) is 2.55. The van der Waals surface area contributed by atoms with Gasteiger partial charge in [0.15, 0.2) is 0 Å². The van der Waals surface area contributed by atoms with Crippen LogP contribution in [0.1, 0.15) is 43.4 Å². The molecule has 2 amide bonds. The lowest BCUT2D eigenvalue weighted by Gasteiger charge is -2.25. The Kier molecular flexibility index (Phi) is 6.40. The number of amides is 2. The van der Waals surface area contributed by atoms with Gasteiger partial charge in [0, 0.05) is 13.5 Å². The summed E-state index contributed by atoms with van der Waals surface area (Å²) in [6.07, 6.45) is 1.99. The van der Waals surface area contributed by atoms with Gasteiger partial charge in [0.2, 0.25) is 11.8 Å². The van der Waals surface area contributed by atoms with E-state index in [0.29, 0.717) is 6.54 Å². The van der Waals surface area contributed by atoms with E-state index in [0.717, 1.165) is 35.2 Å². The summed E-state index contributed by atoms with van der Waals surface area (Å²) in [7, 11) is 0. The summed E-state index contributed by atoms with van der Waals surface area (Å²) >= 11 is 0. The molecule has 0 bridgehead atoms. The van der Waals surface area contributed by atoms with Gasteiger partial charge in [-0.3, -0.25) is 9.59 Å². The number of carbonyl (C=O) groups is 2. The molecule has 0 fully saturated rings. The highest BCUT2D eigenvalue weighted by atomic mass is 16.2. The third kappa shape index (κ3) is 4.88. The monoisotopic (exact) mass is 290 g/mol. The minimum Gasteiger partial charge on any atom is -0.355 e. The Labute approximate surface area is 127 Å². The largest absolute Gasteiger partial charge is 0.355 e. The minimum atomic E-state index is -0.115. The average Bonchev–Trinajstić information content (AvgIpc) is 2.36. The summed E-state index contributed by atoms with van der Waals surface area (Å²) in [5.74, 6) is -0.228. The first-order chi connectivity index (χ1) is 9.86. The van der Waals surface area contributed by atoms with Crippen molar-refractivity contribution in [2.45, 2.75) is 47.5 Å². The van der Waals surface area contributed by atoms with Crippen molar-refractivity contribution in [1.82, 2.24) is 5.32 Å². The van der Waals surface area contributed by atoms with Crippen LogP contribution in [-0.4, -0.2) is 24.9 Å². The number of nitrogens with zero attached hydrogens (tertiary/aromatic N) is 1. The zero-order valence-electron chi connectivity index (χ0n) is 13.7. The second kappa shape index (κ2) is 7.81. The molecule has 0 saturated heterocycles. The van der Waals surface area contributed by atoms with Crippen molar-refractivity contribution in [3.05, 3.63) is 28.8 Å². The molecule has 0 heterocycles. The molecule has 1 rings (SSSR count). The molecule has 0 unspecified atom stereocenters. The molecule has 0 saturated carbocycles. The van der Waals surface area contributed by atoms with Gasteiger partial charge in [-0.15, -0.1) is 0 Å². The molecule has 1 aromatic rings. The molecule has 0 atom stereocenters. The van der Waals surface area contributed by atoms with E-state index in [1.165, 1.54) is 6.92 Å². The molecule has 1 N–H and O–H groups in total. The van der Waals surface area contributed by atoms with E-state index in [-0.39, 0.29) is 18.4 Å². The summed E-state index contributed by atoms with van der Waals surface area (Å²) < 4.78 is 0. The van der Waals surface area contributed by atoms with E-state index in [1.807, 2.05) is 32.9 Å². The van der Waals surface area contributed by atoms with Crippen molar-refractivity contribution in [3.8, 4) is 0 Å². The lowest BCUT2D eigenvalue weighted by atomic mass is 10.0. The van der Waals surface area contributed by atoms with Crippen LogP contribution >= 0.6 is 0 Å². The van der Waals surface area contributed by atoms with E-state index >= 15 is 0 Å². The quantitative estimate of drug-likeness (QED) is 0.819. The Hall–Kier alpha value is -1.84. The highest BCUT2D eigenvalue weighted by Crippen LogP contribution is 2.26. The smallest absolute Gasteiger partial charge is 0.240 e. The predicted molar refractivity (Wildman–Crippen MR) is 86.6 cm³/mol. The molecule has 0 aliphatic rings. The summed E-state index contributed by atoms with van der Waals surface area (Å²) in [6, 6.07) is 4.07. The van der Waals surface area contributed by atoms with E-state index in [1.54, 1.807) is 4.90 Å². The third-order valence-electron chi connectivity index (χ3n) is 3.44. The van der Waals surface area contributed by atoms with Crippen LogP contribution in [0.15, 0.2) is 12.1 Å². The van der Waals surface area contributed by atoms with Gasteiger partial charge in [-0.2, -0.15) is 0 Å². The molecular formula is C17H26N2O2. The van der Waals surface area contributed by atoms with E-state index in [4.69, 9.17) is 0 Å². The SMILES string of the molecule is CCCCNC(=O)CN(C(C)=O)c1c(C)cc(C)cc1C. The summed E-state index contributed by atoms with van der Waals surface area (Å²) in [4.78, 5) is 25.5. The first-order valence-electron chi connectivity index (χ1n) is 7.49. The van der Waals surface area contributed by atoms with Gasteiger partial charge in [0.05, 0.1) is 5.69 Å². The first-order valence-corrected chi connectivity index (χ1v) is 7.49. The summed E-state index contributed by atoms with van der Waals surface area (Å²) in [6.45, 7) is 10.3. The van der Waals surface area contributed by atoms with Crippen LogP contribution in [0.4, 0.5) is 5.69 Å². The summed E-state index contributed by atoms with van der Waals surface area (Å²) in [5, 5.41) is 2.86. The fraction of sp³-hybridized carbons (Fsp3) is 0.529. The Bertz CT molecular complexity index is 501. The lowest BCUT2D eigenvalue weighted by molar-refractivity contribution is -0.123. The Balaban J connectivity index is 2.93. The van der Waals surface area contributed by atoms with Gasteiger partial charge in [-0.1, -0.05) is 31.0 Å². The maximum atomic E-state index is 12.0. The maximum absolute atomic E-state index is 12.0. The second-order valence-electron chi connectivity index (χ2n) is 5.56. The average molecular weight is 290 g/mol. The standard InChI is InChI=1S/C17H26N2O2/c1-6-7-8-18-16(21)11-19(15(5)20)17-13(3)9-12(2)10-14(17)4/h9-10H,6-8,11H2,1-5H3,(H,18,21). The number of nitrogens with one attached hydrogen (secondary N) is 1. The molecule has 0 aliphatic carbocycles. The van der Waals surface area contributed by atoms with E-state index in [2.05, 4.69) is 12.2 Å². The molecule has 116 valence electrons. The predicted octanol–water partition coefficient (Wildman–Crippen LogP) is 2.88. The Morgan fingerprint density at radius 2 is 1.71 bits per heavy atom. The third-order valence-corrected chi connectivity index (χ3v) is 3.44. The molecular weight excluding hydrogens is 264 g/mol. The Morgan fingerprint density at radius 3 is 2.19 bits per heavy atom. The molecule has 0 aliphatic heterocycles. The van der Waals surface area contributed by atoms with Crippen LogP contribution < -0.4 is 10.2 Å². The van der Waals surface area contributed by atoms with Crippen molar-refractivity contribution in [1.29, 1.82) is 0 Å². The van der Waals surface area contributed by atoms with Gasteiger partial charge in [0.25, 0.3) is 0 Å². The second-order valence-corrected chi connectivity index (χ2v) is 5.56. The van der Waals surface area contributed by atoms with Gasteiger partial charge in [-0.25, -0.2) is 0 Å². The Morgan fingerprint density at radius 1 is 1.14 bits per heavy atom. The molecule has 0 spiro atoms. The number of rotatable bonds is 6. The first kappa shape index (κ1) is 17.2. The van der Waals surface area contributed by atoms with Crippen LogP contribution in [0, 0.1) is 20.8 Å². The van der Waals surface area contributed by atoms with Gasteiger partial charge >= 0.3 is 0 Å². The van der Waals surface area contributed by atoms with Gasteiger partial charge < -0.3 is 10.2 Å². The van der Waals surface area contributed by atoms with Crippen LogP contribution in [0.3, 0.4) is 0 Å². The molecule has 0 radical (unpaired) electrons. The normalized spacial score (nSPS) is 10.3. The molecule has 4 nitrogen and oxygen atoms in total. The van der Waals surface area contributed by atoms with Gasteiger partial charge in [0.1, 0.15) is 6.54 Å². The van der Waals surface area contributed by atoms with Crippen molar-refractivity contribution >= 4 is 17.5 Å². The van der Waals surface area contributed by atoms with Crippen molar-refractivity contribution in [2.75, 3.05) is 18.0 Å². The fourth-order valence-corrected chi connectivity index (χ4v) is 2.55. The zero-order valence-corrected chi connectivity index (χ0v) is 13.7. The minimum absolute atomic E-state index is 0.0732. The van der Waals surface area contributed by atoms with Gasteiger partial charge in [-0.05, 0) is 38.3 Å². The molecule has 21 heavy (non-hydrogen) atoms. The van der Waals surface area contributed by atoms with E-state index in [9.17, 15) is 9.59 Å². The molecule has 0 aromatic heterocycles. The molecule has 4 heteroatoms. The number of unbranched alkanes of at least 4 members (excludes halogenated alkanes) is 1. The molecule has 1 aromatic carbocycles. The lowest BCUT2D eigenvalue weighted by Crippen LogP contribution is -2.40. The summed E-state index contributed by atoms with van der Waals surface area (Å²) in [5.41, 5.74) is 4.04. The van der Waals surface area contributed by atoms with Crippen molar-refractivity contribution in [2.24, 2.45) is 0 Å².